The molecule has 0 bridgehead atoms. The summed E-state index contributed by atoms with van der Waals surface area (Å²) in [5.74, 6) is 0.0557. The van der Waals surface area contributed by atoms with Crippen molar-refractivity contribution in [3.63, 3.8) is 0 Å². The number of thioether (sulfide) groups is 1. The number of ether oxygens (including phenoxy) is 2. The SMILES string of the molecule is COCCSc1c(Oc2cccc(C#N)c2)c(F)cc2c1ccn2S(=O)(=O)c1ccc(C)cc1. The number of hydrogen-bond acceptors (Lipinski definition) is 6. The Bertz CT molecular complexity index is 1490. The van der Waals surface area contributed by atoms with Crippen LogP contribution in [0.15, 0.2) is 76.7 Å². The van der Waals surface area contributed by atoms with Gasteiger partial charge in [-0.25, -0.2) is 16.8 Å². The number of aryl methyl sites for hydroxylation is 1. The third-order valence-electron chi connectivity index (χ3n) is 5.12. The van der Waals surface area contributed by atoms with Gasteiger partial charge in [0, 0.05) is 30.5 Å². The van der Waals surface area contributed by atoms with Gasteiger partial charge in [0.15, 0.2) is 11.6 Å². The lowest BCUT2D eigenvalue weighted by Crippen LogP contribution is -2.12. The fourth-order valence-corrected chi connectivity index (χ4v) is 5.81. The molecule has 0 aliphatic heterocycles. The number of methoxy groups -OCH3 is 1. The Morgan fingerprint density at radius 2 is 1.88 bits per heavy atom. The molecule has 0 saturated carbocycles. The second-order valence-electron chi connectivity index (χ2n) is 7.46. The number of hydrogen-bond donors (Lipinski definition) is 0. The second-order valence-corrected chi connectivity index (χ2v) is 10.4. The Kier molecular flexibility index (Phi) is 6.93. The van der Waals surface area contributed by atoms with Crippen LogP contribution in [0, 0.1) is 24.1 Å². The van der Waals surface area contributed by atoms with Gasteiger partial charge in [-0.3, -0.25) is 0 Å². The van der Waals surface area contributed by atoms with Gasteiger partial charge in [0.05, 0.1) is 33.5 Å². The molecule has 0 amide bonds. The summed E-state index contributed by atoms with van der Waals surface area (Å²) in [7, 11) is -2.37. The third-order valence-corrected chi connectivity index (χ3v) is 7.88. The molecule has 3 aromatic carbocycles. The summed E-state index contributed by atoms with van der Waals surface area (Å²) >= 11 is 1.30. The van der Waals surface area contributed by atoms with Crippen molar-refractivity contribution in [2.24, 2.45) is 0 Å². The molecule has 6 nitrogen and oxygen atoms in total. The zero-order valence-electron chi connectivity index (χ0n) is 18.5. The molecular formula is C25H21FN2O4S2. The van der Waals surface area contributed by atoms with Crippen molar-refractivity contribution in [1.82, 2.24) is 3.97 Å². The van der Waals surface area contributed by atoms with Crippen molar-refractivity contribution >= 4 is 32.7 Å². The number of nitriles is 1. The van der Waals surface area contributed by atoms with Gasteiger partial charge in [-0.15, -0.1) is 11.8 Å². The van der Waals surface area contributed by atoms with Gasteiger partial charge in [-0.2, -0.15) is 5.26 Å². The predicted molar refractivity (Wildman–Crippen MR) is 129 cm³/mol. The van der Waals surface area contributed by atoms with Crippen LogP contribution < -0.4 is 4.74 Å². The average molecular weight is 497 g/mol. The van der Waals surface area contributed by atoms with E-state index in [1.807, 2.05) is 13.0 Å². The van der Waals surface area contributed by atoms with Gasteiger partial charge in [-0.05, 0) is 43.3 Å². The number of fused-ring (bicyclic) bond motifs is 1. The normalized spacial score (nSPS) is 11.5. The highest BCUT2D eigenvalue weighted by Gasteiger charge is 2.24. The highest BCUT2D eigenvalue weighted by Crippen LogP contribution is 2.42. The number of rotatable bonds is 8. The van der Waals surface area contributed by atoms with Crippen molar-refractivity contribution in [3.05, 3.63) is 83.8 Å². The van der Waals surface area contributed by atoms with Crippen LogP contribution in [0.2, 0.25) is 0 Å². The summed E-state index contributed by atoms with van der Waals surface area (Å²) in [4.78, 5) is 0.561. The van der Waals surface area contributed by atoms with E-state index < -0.39 is 15.8 Å². The summed E-state index contributed by atoms with van der Waals surface area (Å²) in [6, 6.07) is 17.7. The van der Waals surface area contributed by atoms with E-state index in [1.165, 1.54) is 36.2 Å². The Labute approximate surface area is 201 Å². The van der Waals surface area contributed by atoms with E-state index in [2.05, 4.69) is 0 Å². The van der Waals surface area contributed by atoms with E-state index in [9.17, 15) is 8.42 Å². The number of halogens is 1. The number of benzene rings is 3. The van der Waals surface area contributed by atoms with Crippen LogP contribution in [-0.2, 0) is 14.8 Å². The van der Waals surface area contributed by atoms with Crippen molar-refractivity contribution in [1.29, 1.82) is 5.26 Å². The first-order valence-electron chi connectivity index (χ1n) is 10.3. The molecule has 0 radical (unpaired) electrons. The molecule has 1 aromatic heterocycles. The van der Waals surface area contributed by atoms with E-state index in [0.29, 0.717) is 34.0 Å². The average Bonchev–Trinajstić information content (AvgIpc) is 3.25. The lowest BCUT2D eigenvalue weighted by molar-refractivity contribution is 0.218. The summed E-state index contributed by atoms with van der Waals surface area (Å²) < 4.78 is 54.1. The van der Waals surface area contributed by atoms with Gasteiger partial charge in [0.25, 0.3) is 10.0 Å². The van der Waals surface area contributed by atoms with Crippen LogP contribution in [0.5, 0.6) is 11.5 Å². The maximum Gasteiger partial charge on any atom is 0.268 e. The van der Waals surface area contributed by atoms with Crippen LogP contribution in [0.3, 0.4) is 0 Å². The minimum atomic E-state index is -3.94. The minimum absolute atomic E-state index is 0.0332. The smallest absolute Gasteiger partial charge is 0.268 e. The zero-order chi connectivity index (χ0) is 24.3. The van der Waals surface area contributed by atoms with E-state index in [0.717, 1.165) is 15.6 Å². The fraction of sp³-hybridized carbons (Fsp3) is 0.160. The molecule has 0 unspecified atom stereocenters. The van der Waals surface area contributed by atoms with E-state index in [-0.39, 0.29) is 16.2 Å². The van der Waals surface area contributed by atoms with E-state index in [1.54, 1.807) is 43.5 Å². The Morgan fingerprint density at radius 1 is 1.12 bits per heavy atom. The van der Waals surface area contributed by atoms with Crippen LogP contribution >= 0.6 is 11.8 Å². The molecule has 0 saturated heterocycles. The predicted octanol–water partition coefficient (Wildman–Crippen LogP) is 5.73. The molecule has 0 atom stereocenters. The Balaban J connectivity index is 1.86. The standard InChI is InChI=1S/C25H21FN2O4S2/c1-17-6-8-20(9-7-17)34(29,30)28-11-10-21-23(28)15-22(26)24(25(21)33-13-12-31-2)32-19-5-3-4-18(14-19)16-27/h3-11,14-15H,12-13H2,1-2H3. The van der Waals surface area contributed by atoms with Gasteiger partial charge < -0.3 is 9.47 Å². The Morgan fingerprint density at radius 3 is 2.59 bits per heavy atom. The van der Waals surface area contributed by atoms with Gasteiger partial charge in [-0.1, -0.05) is 23.8 Å². The van der Waals surface area contributed by atoms with Gasteiger partial charge in [0.1, 0.15) is 5.75 Å². The fourth-order valence-electron chi connectivity index (χ4n) is 3.42. The first kappa shape index (κ1) is 23.8. The maximum absolute atomic E-state index is 15.4. The summed E-state index contributed by atoms with van der Waals surface area (Å²) in [6.45, 7) is 2.28. The molecule has 4 rings (SSSR count). The molecule has 4 aromatic rings. The monoisotopic (exact) mass is 496 g/mol. The number of aromatic nitrogens is 1. The Hall–Kier alpha value is -3.32. The van der Waals surface area contributed by atoms with Gasteiger partial charge in [0.2, 0.25) is 0 Å². The molecule has 34 heavy (non-hydrogen) atoms. The summed E-state index contributed by atoms with van der Waals surface area (Å²) in [5.41, 5.74) is 1.51. The molecular weight excluding hydrogens is 475 g/mol. The molecule has 1 heterocycles. The van der Waals surface area contributed by atoms with Crippen LogP contribution in [0.1, 0.15) is 11.1 Å². The molecule has 0 spiro atoms. The molecule has 0 N–H and O–H groups in total. The molecule has 0 fully saturated rings. The van der Waals surface area contributed by atoms with Crippen LogP contribution in [0.25, 0.3) is 10.9 Å². The third kappa shape index (κ3) is 4.66. The lowest BCUT2D eigenvalue weighted by Gasteiger charge is -2.15. The summed E-state index contributed by atoms with van der Waals surface area (Å²) in [6.07, 6.45) is 1.42. The topological polar surface area (TPSA) is 81.3 Å². The van der Waals surface area contributed by atoms with Crippen LogP contribution in [-0.4, -0.2) is 31.9 Å². The first-order valence-corrected chi connectivity index (χ1v) is 12.7. The quantitative estimate of drug-likeness (QED) is 0.229. The van der Waals surface area contributed by atoms with E-state index >= 15 is 4.39 Å². The largest absolute Gasteiger partial charge is 0.453 e. The van der Waals surface area contributed by atoms with Crippen molar-refractivity contribution in [3.8, 4) is 17.6 Å². The van der Waals surface area contributed by atoms with Crippen molar-refractivity contribution < 1.29 is 22.3 Å². The van der Waals surface area contributed by atoms with Crippen molar-refractivity contribution in [2.45, 2.75) is 16.7 Å². The summed E-state index contributed by atoms with van der Waals surface area (Å²) in [5, 5.41) is 9.68. The van der Waals surface area contributed by atoms with Gasteiger partial charge >= 0.3 is 0 Å². The molecule has 0 aliphatic rings. The molecule has 0 aliphatic carbocycles. The van der Waals surface area contributed by atoms with Crippen molar-refractivity contribution in [2.75, 3.05) is 19.5 Å². The maximum atomic E-state index is 15.4. The minimum Gasteiger partial charge on any atom is -0.453 e. The lowest BCUT2D eigenvalue weighted by atomic mass is 10.2. The molecule has 174 valence electrons. The highest BCUT2D eigenvalue weighted by molar-refractivity contribution is 7.99. The number of nitrogens with zero attached hydrogens (tertiary/aromatic N) is 2. The second kappa shape index (κ2) is 9.89. The highest BCUT2D eigenvalue weighted by atomic mass is 32.2. The zero-order valence-corrected chi connectivity index (χ0v) is 20.1. The molecule has 9 heteroatoms. The van der Waals surface area contributed by atoms with E-state index in [4.69, 9.17) is 14.7 Å². The van der Waals surface area contributed by atoms with Crippen LogP contribution in [0.4, 0.5) is 4.39 Å². The first-order chi connectivity index (χ1) is 16.3.